The first-order chi connectivity index (χ1) is 13.3. The predicted octanol–water partition coefficient (Wildman–Crippen LogP) is 1.41. The summed E-state index contributed by atoms with van der Waals surface area (Å²) < 4.78 is 7.37. The number of pyridine rings is 1. The van der Waals surface area contributed by atoms with Crippen LogP contribution in [0.15, 0.2) is 30.6 Å². The molecule has 27 heavy (non-hydrogen) atoms. The molecule has 3 aromatic rings. The van der Waals surface area contributed by atoms with Gasteiger partial charge in [-0.1, -0.05) is 6.07 Å². The highest BCUT2D eigenvalue weighted by atomic mass is 16.5. The van der Waals surface area contributed by atoms with Gasteiger partial charge in [0.25, 0.3) is 0 Å². The van der Waals surface area contributed by atoms with Gasteiger partial charge in [0, 0.05) is 39.0 Å². The molecule has 0 radical (unpaired) electrons. The number of aromatic nitrogens is 5. The van der Waals surface area contributed by atoms with Crippen molar-refractivity contribution in [3.05, 3.63) is 30.6 Å². The molecule has 2 N–H and O–H groups in total. The zero-order chi connectivity index (χ0) is 18.5. The highest BCUT2D eigenvalue weighted by Crippen LogP contribution is 2.26. The smallest absolute Gasteiger partial charge is 0.228 e. The summed E-state index contributed by atoms with van der Waals surface area (Å²) in [4.78, 5) is 16.1. The minimum absolute atomic E-state index is 0.593. The third-order valence-corrected chi connectivity index (χ3v) is 4.44. The topological polar surface area (TPSA) is 93.0 Å². The molecule has 4 heterocycles. The van der Waals surface area contributed by atoms with Crippen LogP contribution in [0, 0.1) is 0 Å². The van der Waals surface area contributed by atoms with Crippen molar-refractivity contribution in [3.8, 4) is 0 Å². The number of ether oxygens (including phenoxy) is 1. The van der Waals surface area contributed by atoms with E-state index in [4.69, 9.17) is 14.7 Å². The van der Waals surface area contributed by atoms with Crippen molar-refractivity contribution in [2.75, 3.05) is 49.6 Å². The third-order valence-electron chi connectivity index (χ3n) is 4.44. The predicted molar refractivity (Wildman–Crippen MR) is 104 cm³/mol. The molecule has 4 rings (SSSR count). The highest BCUT2D eigenvalue weighted by molar-refractivity contribution is 5.88. The number of hydrogen-bond acceptors (Lipinski definition) is 8. The van der Waals surface area contributed by atoms with Gasteiger partial charge >= 0.3 is 0 Å². The SMILES string of the molecule is CCOCCn1ncc2nc(N3CCNCC3)nc(Nc3ccccn3)c21. The van der Waals surface area contributed by atoms with Crippen LogP contribution in [-0.2, 0) is 11.3 Å². The molecule has 9 nitrogen and oxygen atoms in total. The van der Waals surface area contributed by atoms with Gasteiger partial charge in [-0.15, -0.1) is 0 Å². The van der Waals surface area contributed by atoms with E-state index in [1.807, 2.05) is 29.8 Å². The van der Waals surface area contributed by atoms with Gasteiger partial charge < -0.3 is 20.3 Å². The van der Waals surface area contributed by atoms with Crippen LogP contribution >= 0.6 is 0 Å². The monoisotopic (exact) mass is 368 g/mol. The van der Waals surface area contributed by atoms with Gasteiger partial charge in [-0.05, 0) is 19.1 Å². The molecule has 1 aliphatic rings. The van der Waals surface area contributed by atoms with Gasteiger partial charge in [-0.2, -0.15) is 10.1 Å². The molecule has 1 fully saturated rings. The summed E-state index contributed by atoms with van der Waals surface area (Å²) >= 11 is 0. The molecule has 9 heteroatoms. The molecule has 3 aromatic heterocycles. The fourth-order valence-electron chi connectivity index (χ4n) is 3.10. The van der Waals surface area contributed by atoms with E-state index in [-0.39, 0.29) is 0 Å². The van der Waals surface area contributed by atoms with Crippen LogP contribution in [-0.4, -0.2) is 64.1 Å². The Kier molecular flexibility index (Phi) is 5.40. The molecule has 0 aliphatic carbocycles. The fraction of sp³-hybridized carbons (Fsp3) is 0.444. The molecule has 0 atom stereocenters. The average Bonchev–Trinajstić information content (AvgIpc) is 3.13. The maximum atomic E-state index is 5.48. The Balaban J connectivity index is 1.72. The molecular weight excluding hydrogens is 344 g/mol. The first-order valence-electron chi connectivity index (χ1n) is 9.30. The Bertz CT molecular complexity index is 876. The normalized spacial score (nSPS) is 14.6. The van der Waals surface area contributed by atoms with Crippen molar-refractivity contribution >= 4 is 28.6 Å². The van der Waals surface area contributed by atoms with E-state index < -0.39 is 0 Å². The van der Waals surface area contributed by atoms with Crippen LogP contribution in [0.4, 0.5) is 17.6 Å². The Morgan fingerprint density at radius 3 is 2.89 bits per heavy atom. The number of anilines is 3. The van der Waals surface area contributed by atoms with Crippen LogP contribution < -0.4 is 15.5 Å². The van der Waals surface area contributed by atoms with Gasteiger partial charge in [-0.3, -0.25) is 4.68 Å². The zero-order valence-corrected chi connectivity index (χ0v) is 15.4. The molecule has 1 saturated heterocycles. The number of hydrogen-bond donors (Lipinski definition) is 2. The van der Waals surface area contributed by atoms with Crippen molar-refractivity contribution < 1.29 is 4.74 Å². The van der Waals surface area contributed by atoms with E-state index >= 15 is 0 Å². The summed E-state index contributed by atoms with van der Waals surface area (Å²) in [5.74, 6) is 2.16. The van der Waals surface area contributed by atoms with Crippen molar-refractivity contribution in [1.29, 1.82) is 0 Å². The van der Waals surface area contributed by atoms with Crippen molar-refractivity contribution in [3.63, 3.8) is 0 Å². The Morgan fingerprint density at radius 1 is 1.22 bits per heavy atom. The zero-order valence-electron chi connectivity index (χ0n) is 15.4. The first kappa shape index (κ1) is 17.6. The molecule has 0 saturated carbocycles. The molecule has 0 amide bonds. The van der Waals surface area contributed by atoms with Crippen LogP contribution in [0.3, 0.4) is 0 Å². The minimum Gasteiger partial charge on any atom is -0.380 e. The fourth-order valence-corrected chi connectivity index (χ4v) is 3.10. The van der Waals surface area contributed by atoms with E-state index in [2.05, 4.69) is 25.6 Å². The summed E-state index contributed by atoms with van der Waals surface area (Å²) in [5.41, 5.74) is 1.67. The third kappa shape index (κ3) is 3.99. The van der Waals surface area contributed by atoms with E-state index in [0.29, 0.717) is 31.5 Å². The lowest BCUT2D eigenvalue weighted by atomic mass is 10.3. The quantitative estimate of drug-likeness (QED) is 0.605. The van der Waals surface area contributed by atoms with Crippen molar-refractivity contribution in [2.24, 2.45) is 0 Å². The maximum absolute atomic E-state index is 5.48. The first-order valence-corrected chi connectivity index (χ1v) is 9.30. The Hall–Kier alpha value is -2.78. The van der Waals surface area contributed by atoms with E-state index in [9.17, 15) is 0 Å². The lowest BCUT2D eigenvalue weighted by Gasteiger charge is -2.27. The number of nitrogens with zero attached hydrogens (tertiary/aromatic N) is 6. The second kappa shape index (κ2) is 8.28. The van der Waals surface area contributed by atoms with Gasteiger partial charge in [-0.25, -0.2) is 9.97 Å². The summed E-state index contributed by atoms with van der Waals surface area (Å²) in [6.07, 6.45) is 3.54. The molecule has 142 valence electrons. The summed E-state index contributed by atoms with van der Waals surface area (Å²) in [7, 11) is 0. The number of rotatable bonds is 7. The van der Waals surface area contributed by atoms with E-state index in [1.165, 1.54) is 0 Å². The average molecular weight is 368 g/mol. The van der Waals surface area contributed by atoms with Gasteiger partial charge in [0.05, 0.1) is 19.3 Å². The lowest BCUT2D eigenvalue weighted by molar-refractivity contribution is 0.137. The maximum Gasteiger partial charge on any atom is 0.228 e. The Labute approximate surface area is 157 Å². The number of piperazine rings is 1. The molecule has 0 unspecified atom stereocenters. The van der Waals surface area contributed by atoms with Crippen molar-refractivity contribution in [1.82, 2.24) is 30.0 Å². The van der Waals surface area contributed by atoms with Gasteiger partial charge in [0.2, 0.25) is 5.95 Å². The largest absolute Gasteiger partial charge is 0.380 e. The van der Waals surface area contributed by atoms with E-state index in [1.54, 1.807) is 12.4 Å². The summed E-state index contributed by atoms with van der Waals surface area (Å²) in [6, 6.07) is 5.75. The molecule has 0 spiro atoms. The van der Waals surface area contributed by atoms with Crippen LogP contribution in [0.5, 0.6) is 0 Å². The molecular formula is C18H24N8O. The second-order valence-electron chi connectivity index (χ2n) is 6.25. The lowest BCUT2D eigenvalue weighted by Crippen LogP contribution is -2.44. The molecule has 0 bridgehead atoms. The van der Waals surface area contributed by atoms with Crippen molar-refractivity contribution in [2.45, 2.75) is 13.5 Å². The minimum atomic E-state index is 0.593. The van der Waals surface area contributed by atoms with Crippen LogP contribution in [0.25, 0.3) is 11.0 Å². The van der Waals surface area contributed by atoms with Crippen LogP contribution in [0.1, 0.15) is 6.92 Å². The number of fused-ring (bicyclic) bond motifs is 1. The number of nitrogens with one attached hydrogen (secondary N) is 2. The highest BCUT2D eigenvalue weighted by Gasteiger charge is 2.19. The summed E-state index contributed by atoms with van der Waals surface area (Å²) in [5, 5.41) is 11.2. The van der Waals surface area contributed by atoms with Gasteiger partial charge in [0.15, 0.2) is 5.82 Å². The Morgan fingerprint density at radius 2 is 2.11 bits per heavy atom. The standard InChI is InChI=1S/C18H24N8O/c1-2-27-12-11-26-16-14(13-21-26)22-18(25-9-7-19-8-10-25)24-17(16)23-15-5-3-4-6-20-15/h3-6,13,19H,2,7-12H2,1H3,(H,20,22,23,24). The van der Waals surface area contributed by atoms with Crippen LogP contribution in [0.2, 0.25) is 0 Å². The molecule has 0 aromatic carbocycles. The second-order valence-corrected chi connectivity index (χ2v) is 6.25. The summed E-state index contributed by atoms with van der Waals surface area (Å²) in [6.45, 7) is 7.52. The van der Waals surface area contributed by atoms with E-state index in [0.717, 1.165) is 43.0 Å². The van der Waals surface area contributed by atoms with Gasteiger partial charge in [0.1, 0.15) is 16.9 Å². The molecule has 1 aliphatic heterocycles.